The van der Waals surface area contributed by atoms with Crippen LogP contribution >= 0.6 is 0 Å². The van der Waals surface area contributed by atoms with Crippen LogP contribution in [0.5, 0.6) is 0 Å². The van der Waals surface area contributed by atoms with E-state index >= 15 is 0 Å². The summed E-state index contributed by atoms with van der Waals surface area (Å²) in [5, 5.41) is 0. The molecule has 0 unspecified atom stereocenters. The van der Waals surface area contributed by atoms with Gasteiger partial charge in [-0.2, -0.15) is 0 Å². The number of hydrogen-bond acceptors (Lipinski definition) is 3. The molecule has 0 aromatic carbocycles. The molecule has 0 bridgehead atoms. The van der Waals surface area contributed by atoms with Crippen molar-refractivity contribution in [3.8, 4) is 0 Å². The molecule has 0 aromatic rings. The van der Waals surface area contributed by atoms with Gasteiger partial charge in [0.1, 0.15) is 0 Å². The molecular weight excluding hydrogens is 186 g/mol. The molecule has 0 amide bonds. The van der Waals surface area contributed by atoms with E-state index < -0.39 is 14.6 Å². The van der Waals surface area contributed by atoms with Gasteiger partial charge < -0.3 is 5.73 Å². The van der Waals surface area contributed by atoms with Crippen LogP contribution in [0.4, 0.5) is 0 Å². The first-order chi connectivity index (χ1) is 5.91. The Morgan fingerprint density at radius 2 is 1.85 bits per heavy atom. The highest BCUT2D eigenvalue weighted by molar-refractivity contribution is 7.92. The molecule has 0 aromatic heterocycles. The third kappa shape index (κ3) is 2.05. The Labute approximate surface area is 80.6 Å². The lowest BCUT2D eigenvalue weighted by molar-refractivity contribution is 0.310. The maximum Gasteiger partial charge on any atom is 0.154 e. The Morgan fingerprint density at radius 3 is 2.15 bits per heavy atom. The largest absolute Gasteiger partial charge is 0.329 e. The zero-order valence-corrected chi connectivity index (χ0v) is 9.23. The Morgan fingerprint density at radius 1 is 1.38 bits per heavy atom. The van der Waals surface area contributed by atoms with Gasteiger partial charge in [0.2, 0.25) is 0 Å². The first-order valence-electron chi connectivity index (χ1n) is 4.81. The summed E-state index contributed by atoms with van der Waals surface area (Å²) in [7, 11) is -2.99. The van der Waals surface area contributed by atoms with Gasteiger partial charge in [0.05, 0.1) is 4.75 Å². The molecule has 1 rings (SSSR count). The lowest BCUT2D eigenvalue weighted by Gasteiger charge is -2.36. The molecule has 78 valence electrons. The summed E-state index contributed by atoms with van der Waals surface area (Å²) in [6, 6.07) is 0. The van der Waals surface area contributed by atoms with Gasteiger partial charge in [0.25, 0.3) is 0 Å². The normalized spacial score (nSPS) is 36.1. The molecule has 2 N–H and O–H groups in total. The fourth-order valence-electron chi connectivity index (χ4n) is 2.01. The highest BCUT2D eigenvalue weighted by atomic mass is 32.2. The van der Waals surface area contributed by atoms with Gasteiger partial charge in [0, 0.05) is 12.8 Å². The van der Waals surface area contributed by atoms with Gasteiger partial charge in [-0.15, -0.1) is 0 Å². The number of nitrogens with two attached hydrogens (primary N) is 1. The lowest BCUT2D eigenvalue weighted by atomic mass is 9.82. The van der Waals surface area contributed by atoms with Crippen molar-refractivity contribution in [2.24, 2.45) is 11.7 Å². The average molecular weight is 205 g/mol. The number of rotatable bonds is 2. The van der Waals surface area contributed by atoms with E-state index in [0.717, 1.165) is 25.7 Å². The Kier molecular flexibility index (Phi) is 3.02. The van der Waals surface area contributed by atoms with E-state index in [9.17, 15) is 8.42 Å². The van der Waals surface area contributed by atoms with Crippen LogP contribution in [0, 0.1) is 5.92 Å². The molecule has 0 aliphatic heterocycles. The van der Waals surface area contributed by atoms with Crippen molar-refractivity contribution in [2.45, 2.75) is 37.4 Å². The quantitative estimate of drug-likeness (QED) is 0.730. The second-order valence-electron chi connectivity index (χ2n) is 4.34. The zero-order chi connectivity index (χ0) is 10.1. The van der Waals surface area contributed by atoms with Crippen molar-refractivity contribution in [1.29, 1.82) is 0 Å². The third-order valence-electron chi connectivity index (χ3n) is 3.34. The van der Waals surface area contributed by atoms with E-state index in [1.165, 1.54) is 6.26 Å². The van der Waals surface area contributed by atoms with Crippen LogP contribution in [0.25, 0.3) is 0 Å². The van der Waals surface area contributed by atoms with E-state index in [1.54, 1.807) is 0 Å². The van der Waals surface area contributed by atoms with Gasteiger partial charge in [-0.3, -0.25) is 0 Å². The molecule has 0 radical (unpaired) electrons. The van der Waals surface area contributed by atoms with Gasteiger partial charge in [-0.25, -0.2) is 8.42 Å². The van der Waals surface area contributed by atoms with Crippen LogP contribution in [0.1, 0.15) is 32.6 Å². The average Bonchev–Trinajstić information content (AvgIpc) is 2.04. The summed E-state index contributed by atoms with van der Waals surface area (Å²) in [6.07, 6.45) is 4.78. The summed E-state index contributed by atoms with van der Waals surface area (Å²) in [5.41, 5.74) is 5.59. The van der Waals surface area contributed by atoms with Crippen LogP contribution < -0.4 is 5.73 Å². The fraction of sp³-hybridized carbons (Fsp3) is 1.00. The molecule has 13 heavy (non-hydrogen) atoms. The molecule has 1 saturated carbocycles. The van der Waals surface area contributed by atoms with Gasteiger partial charge in [0.15, 0.2) is 9.84 Å². The minimum atomic E-state index is -2.99. The molecule has 1 fully saturated rings. The molecule has 1 aliphatic rings. The second kappa shape index (κ2) is 3.58. The van der Waals surface area contributed by atoms with Crippen molar-refractivity contribution < 1.29 is 8.42 Å². The van der Waals surface area contributed by atoms with Crippen molar-refractivity contribution in [2.75, 3.05) is 12.8 Å². The predicted octanol–water partition coefficient (Wildman–Crippen LogP) is 0.939. The third-order valence-corrected chi connectivity index (χ3v) is 5.49. The van der Waals surface area contributed by atoms with Crippen LogP contribution in [0.15, 0.2) is 0 Å². The maximum atomic E-state index is 11.6. The van der Waals surface area contributed by atoms with E-state index in [1.807, 2.05) is 0 Å². The molecule has 1 aliphatic carbocycles. The van der Waals surface area contributed by atoms with E-state index in [4.69, 9.17) is 5.73 Å². The topological polar surface area (TPSA) is 60.2 Å². The van der Waals surface area contributed by atoms with Crippen molar-refractivity contribution in [3.05, 3.63) is 0 Å². The minimum Gasteiger partial charge on any atom is -0.329 e. The van der Waals surface area contributed by atoms with Crippen LogP contribution in [-0.2, 0) is 9.84 Å². The molecule has 0 saturated heterocycles. The van der Waals surface area contributed by atoms with Crippen LogP contribution in [0.2, 0.25) is 0 Å². The first kappa shape index (κ1) is 11.0. The predicted molar refractivity (Wildman–Crippen MR) is 54.3 cm³/mol. The van der Waals surface area contributed by atoms with Crippen LogP contribution in [0.3, 0.4) is 0 Å². The fourth-order valence-corrected chi connectivity index (χ4v) is 3.29. The monoisotopic (exact) mass is 205 g/mol. The van der Waals surface area contributed by atoms with Crippen molar-refractivity contribution in [1.82, 2.24) is 0 Å². The van der Waals surface area contributed by atoms with Crippen molar-refractivity contribution in [3.63, 3.8) is 0 Å². The van der Waals surface area contributed by atoms with Gasteiger partial charge in [-0.1, -0.05) is 6.92 Å². The molecule has 0 atom stereocenters. The molecule has 0 heterocycles. The van der Waals surface area contributed by atoms with Crippen LogP contribution in [-0.4, -0.2) is 26.0 Å². The smallest absolute Gasteiger partial charge is 0.154 e. The maximum absolute atomic E-state index is 11.6. The lowest BCUT2D eigenvalue weighted by Crippen LogP contribution is -2.47. The number of hydrogen-bond donors (Lipinski definition) is 1. The second-order valence-corrected chi connectivity index (χ2v) is 6.75. The zero-order valence-electron chi connectivity index (χ0n) is 8.41. The minimum absolute atomic E-state index is 0.276. The highest BCUT2D eigenvalue weighted by Crippen LogP contribution is 2.36. The number of sulfone groups is 1. The van der Waals surface area contributed by atoms with Crippen molar-refractivity contribution >= 4 is 9.84 Å². The Balaban J connectivity index is 2.85. The molecule has 4 heteroatoms. The SMILES string of the molecule is CC1CCC(CN)(S(C)(=O)=O)CC1. The van der Waals surface area contributed by atoms with E-state index in [2.05, 4.69) is 6.92 Å². The van der Waals surface area contributed by atoms with E-state index in [0.29, 0.717) is 5.92 Å². The Hall–Kier alpha value is -0.0900. The van der Waals surface area contributed by atoms with Gasteiger partial charge in [-0.05, 0) is 31.6 Å². The summed E-state index contributed by atoms with van der Waals surface area (Å²) in [5.74, 6) is 0.654. The first-order valence-corrected chi connectivity index (χ1v) is 6.70. The standard InChI is InChI=1S/C9H19NO2S/c1-8-3-5-9(7-10,6-4-8)13(2,11)12/h8H,3-7,10H2,1-2H3. The summed E-state index contributed by atoms with van der Waals surface area (Å²) in [4.78, 5) is 0. The Bertz CT molecular complexity index is 263. The molecule has 0 spiro atoms. The van der Waals surface area contributed by atoms with Gasteiger partial charge >= 0.3 is 0 Å². The highest BCUT2D eigenvalue weighted by Gasteiger charge is 2.41. The van der Waals surface area contributed by atoms with E-state index in [-0.39, 0.29) is 6.54 Å². The molecule has 3 nitrogen and oxygen atoms in total. The summed E-state index contributed by atoms with van der Waals surface area (Å²) >= 11 is 0. The summed E-state index contributed by atoms with van der Waals surface area (Å²) in [6.45, 7) is 2.45. The summed E-state index contributed by atoms with van der Waals surface area (Å²) < 4.78 is 22.5. The molecular formula is C9H19NO2S.